The summed E-state index contributed by atoms with van der Waals surface area (Å²) in [5.74, 6) is 0. The second-order valence-electron chi connectivity index (χ2n) is 4.14. The van der Waals surface area contributed by atoms with Gasteiger partial charge in [-0.3, -0.25) is 4.79 Å². The first-order valence-electron chi connectivity index (χ1n) is 5.80. The standard InChI is InChI=1S/C14H14IN3O/c1-10-7-12(8-16-17-9-19)11(2)18(10)14-5-3-13(15)4-6-14/h3-9H,1-2H3,(H,17,19). The summed E-state index contributed by atoms with van der Waals surface area (Å²) < 4.78 is 3.37. The number of amides is 1. The summed E-state index contributed by atoms with van der Waals surface area (Å²) >= 11 is 2.29. The largest absolute Gasteiger partial charge is 0.318 e. The van der Waals surface area contributed by atoms with E-state index in [0.29, 0.717) is 6.41 Å². The van der Waals surface area contributed by atoms with Crippen molar-refractivity contribution in [1.29, 1.82) is 0 Å². The summed E-state index contributed by atoms with van der Waals surface area (Å²) in [6.07, 6.45) is 2.20. The number of aromatic nitrogens is 1. The molecule has 5 heteroatoms. The number of carbonyl (C=O) groups is 1. The topological polar surface area (TPSA) is 46.4 Å². The van der Waals surface area contributed by atoms with E-state index in [1.165, 1.54) is 3.57 Å². The molecule has 0 aliphatic heterocycles. The lowest BCUT2D eigenvalue weighted by molar-refractivity contribution is -0.109. The van der Waals surface area contributed by atoms with E-state index < -0.39 is 0 Å². The van der Waals surface area contributed by atoms with Crippen LogP contribution in [-0.4, -0.2) is 17.2 Å². The Kier molecular flexibility index (Phi) is 4.36. The van der Waals surface area contributed by atoms with Crippen molar-refractivity contribution in [3.8, 4) is 5.69 Å². The number of halogens is 1. The average Bonchev–Trinajstić information content (AvgIpc) is 2.67. The Bertz CT molecular complexity index is 614. The molecule has 0 aliphatic carbocycles. The van der Waals surface area contributed by atoms with Crippen molar-refractivity contribution in [3.63, 3.8) is 0 Å². The second-order valence-corrected chi connectivity index (χ2v) is 5.39. The lowest BCUT2D eigenvalue weighted by Crippen LogP contribution is -2.02. The fraction of sp³-hybridized carbons (Fsp3) is 0.143. The van der Waals surface area contributed by atoms with Crippen molar-refractivity contribution >= 4 is 35.2 Å². The molecule has 0 bridgehead atoms. The van der Waals surface area contributed by atoms with Gasteiger partial charge in [-0.15, -0.1) is 0 Å². The van der Waals surface area contributed by atoms with E-state index >= 15 is 0 Å². The fourth-order valence-corrected chi connectivity index (χ4v) is 2.40. The van der Waals surface area contributed by atoms with Gasteiger partial charge in [0.05, 0.1) is 6.21 Å². The molecule has 0 saturated carbocycles. The molecule has 0 fully saturated rings. The van der Waals surface area contributed by atoms with Crippen LogP contribution in [0.25, 0.3) is 5.69 Å². The maximum absolute atomic E-state index is 10.2. The van der Waals surface area contributed by atoms with E-state index in [2.05, 4.69) is 68.9 Å². The molecule has 98 valence electrons. The predicted octanol–water partition coefficient (Wildman–Crippen LogP) is 2.78. The molecule has 0 radical (unpaired) electrons. The van der Waals surface area contributed by atoms with Crippen molar-refractivity contribution in [1.82, 2.24) is 9.99 Å². The van der Waals surface area contributed by atoms with E-state index in [0.717, 1.165) is 22.6 Å². The molecule has 1 heterocycles. The van der Waals surface area contributed by atoms with Crippen molar-refractivity contribution in [2.45, 2.75) is 13.8 Å². The number of rotatable bonds is 4. The van der Waals surface area contributed by atoms with E-state index in [4.69, 9.17) is 0 Å². The van der Waals surface area contributed by atoms with Gasteiger partial charge < -0.3 is 4.57 Å². The van der Waals surface area contributed by atoms with Crippen molar-refractivity contribution in [2.24, 2.45) is 5.10 Å². The molecule has 0 spiro atoms. The zero-order valence-electron chi connectivity index (χ0n) is 10.7. The number of aryl methyl sites for hydroxylation is 1. The minimum atomic E-state index is 0.550. The molecular formula is C14H14IN3O. The van der Waals surface area contributed by atoms with Gasteiger partial charge in [-0.2, -0.15) is 5.10 Å². The normalized spacial score (nSPS) is 10.9. The van der Waals surface area contributed by atoms with E-state index in [-0.39, 0.29) is 0 Å². The van der Waals surface area contributed by atoms with Gasteiger partial charge in [0.2, 0.25) is 6.41 Å². The van der Waals surface area contributed by atoms with E-state index in [1.54, 1.807) is 6.21 Å². The molecule has 2 aromatic rings. The van der Waals surface area contributed by atoms with Crippen molar-refractivity contribution in [2.75, 3.05) is 0 Å². The number of hydrogen-bond acceptors (Lipinski definition) is 2. The van der Waals surface area contributed by atoms with Crippen LogP contribution in [0, 0.1) is 17.4 Å². The van der Waals surface area contributed by atoms with Crippen LogP contribution in [0.3, 0.4) is 0 Å². The molecule has 1 N–H and O–H groups in total. The van der Waals surface area contributed by atoms with E-state index in [1.807, 2.05) is 13.0 Å². The van der Waals surface area contributed by atoms with Crippen LogP contribution in [0.2, 0.25) is 0 Å². The zero-order valence-corrected chi connectivity index (χ0v) is 12.9. The SMILES string of the molecule is Cc1cc(C=NNC=O)c(C)n1-c1ccc(I)cc1. The predicted molar refractivity (Wildman–Crippen MR) is 84.8 cm³/mol. The number of benzene rings is 1. The highest BCUT2D eigenvalue weighted by atomic mass is 127. The molecule has 0 atom stereocenters. The minimum absolute atomic E-state index is 0.550. The Labute approximate surface area is 125 Å². The van der Waals surface area contributed by atoms with Crippen LogP contribution >= 0.6 is 22.6 Å². The highest BCUT2D eigenvalue weighted by Crippen LogP contribution is 2.20. The third-order valence-electron chi connectivity index (χ3n) is 2.89. The van der Waals surface area contributed by atoms with Gasteiger partial charge >= 0.3 is 0 Å². The highest BCUT2D eigenvalue weighted by Gasteiger charge is 2.09. The van der Waals surface area contributed by atoms with Gasteiger partial charge in [0.1, 0.15) is 0 Å². The molecule has 0 unspecified atom stereocenters. The summed E-state index contributed by atoms with van der Waals surface area (Å²) in [6.45, 7) is 4.09. The summed E-state index contributed by atoms with van der Waals surface area (Å²) in [5, 5.41) is 3.83. The molecule has 4 nitrogen and oxygen atoms in total. The number of nitrogens with zero attached hydrogens (tertiary/aromatic N) is 2. The molecule has 2 rings (SSSR count). The summed E-state index contributed by atoms with van der Waals surface area (Å²) in [7, 11) is 0. The molecule has 1 aromatic heterocycles. The van der Waals surface area contributed by atoms with Crippen LogP contribution < -0.4 is 5.43 Å². The quantitative estimate of drug-likeness (QED) is 0.384. The molecule has 0 saturated heterocycles. The first-order valence-corrected chi connectivity index (χ1v) is 6.88. The number of hydrazone groups is 1. The highest BCUT2D eigenvalue weighted by molar-refractivity contribution is 14.1. The molecular weight excluding hydrogens is 353 g/mol. The fourth-order valence-electron chi connectivity index (χ4n) is 2.04. The average molecular weight is 367 g/mol. The number of carbonyl (C=O) groups excluding carboxylic acids is 1. The van der Waals surface area contributed by atoms with Crippen LogP contribution in [0.5, 0.6) is 0 Å². The van der Waals surface area contributed by atoms with Gasteiger partial charge in [0.25, 0.3) is 0 Å². The zero-order chi connectivity index (χ0) is 13.8. The minimum Gasteiger partial charge on any atom is -0.318 e. The Hall–Kier alpha value is -1.63. The summed E-state index contributed by atoms with van der Waals surface area (Å²) in [4.78, 5) is 10.2. The molecule has 0 aliphatic rings. The van der Waals surface area contributed by atoms with Crippen LogP contribution in [0.15, 0.2) is 35.4 Å². The molecule has 1 amide bonds. The monoisotopic (exact) mass is 367 g/mol. The Balaban J connectivity index is 2.41. The number of nitrogens with one attached hydrogen (secondary N) is 1. The first kappa shape index (κ1) is 13.8. The third kappa shape index (κ3) is 3.04. The lowest BCUT2D eigenvalue weighted by Gasteiger charge is -2.09. The third-order valence-corrected chi connectivity index (χ3v) is 3.61. The van der Waals surface area contributed by atoms with Crippen molar-refractivity contribution < 1.29 is 4.79 Å². The van der Waals surface area contributed by atoms with Crippen LogP contribution in [0.1, 0.15) is 17.0 Å². The van der Waals surface area contributed by atoms with Crippen LogP contribution in [-0.2, 0) is 4.79 Å². The summed E-state index contributed by atoms with van der Waals surface area (Å²) in [5.41, 5.74) is 6.62. The van der Waals surface area contributed by atoms with Crippen LogP contribution in [0.4, 0.5) is 0 Å². The first-order chi connectivity index (χ1) is 9.13. The second kappa shape index (κ2) is 6.01. The van der Waals surface area contributed by atoms with Gasteiger partial charge in [-0.25, -0.2) is 5.43 Å². The maximum Gasteiger partial charge on any atom is 0.227 e. The van der Waals surface area contributed by atoms with E-state index in [9.17, 15) is 4.79 Å². The van der Waals surface area contributed by atoms with Gasteiger partial charge in [-0.05, 0) is 66.8 Å². The number of hydrogen-bond donors (Lipinski definition) is 1. The smallest absolute Gasteiger partial charge is 0.227 e. The lowest BCUT2D eigenvalue weighted by atomic mass is 10.2. The Morgan fingerprint density at radius 2 is 1.95 bits per heavy atom. The summed E-state index contributed by atoms with van der Waals surface area (Å²) in [6, 6.07) is 10.4. The van der Waals surface area contributed by atoms with Gasteiger partial charge in [0.15, 0.2) is 0 Å². The van der Waals surface area contributed by atoms with Gasteiger partial charge in [-0.1, -0.05) is 0 Å². The molecule has 19 heavy (non-hydrogen) atoms. The Morgan fingerprint density at radius 1 is 1.26 bits per heavy atom. The maximum atomic E-state index is 10.2. The van der Waals surface area contributed by atoms with Crippen molar-refractivity contribution in [3.05, 3.63) is 50.9 Å². The Morgan fingerprint density at radius 3 is 2.58 bits per heavy atom. The molecule has 1 aromatic carbocycles. The van der Waals surface area contributed by atoms with Gasteiger partial charge in [0, 0.05) is 26.2 Å².